The monoisotopic (exact) mass is 250 g/mol. The van der Waals surface area contributed by atoms with Crippen molar-refractivity contribution in [1.29, 1.82) is 0 Å². The number of aromatic nitrogens is 1. The Labute approximate surface area is 99.2 Å². The number of halogens is 2. The number of methoxy groups -OCH3 is 1. The SMILES string of the molecule is COC(=O)c1cnc(CCN)c(Cl)c1.Cl. The lowest BCUT2D eigenvalue weighted by molar-refractivity contribution is 0.0600. The van der Waals surface area contributed by atoms with Gasteiger partial charge in [0.25, 0.3) is 0 Å². The molecule has 0 saturated carbocycles. The highest BCUT2D eigenvalue weighted by molar-refractivity contribution is 6.31. The lowest BCUT2D eigenvalue weighted by Gasteiger charge is -2.03. The second-order valence-electron chi connectivity index (χ2n) is 2.68. The summed E-state index contributed by atoms with van der Waals surface area (Å²) >= 11 is 5.88. The van der Waals surface area contributed by atoms with E-state index < -0.39 is 5.97 Å². The molecular formula is C9H12Cl2N2O2. The minimum atomic E-state index is -0.446. The molecule has 0 aliphatic heterocycles. The van der Waals surface area contributed by atoms with Crippen LogP contribution in [0.25, 0.3) is 0 Å². The first-order valence-electron chi connectivity index (χ1n) is 4.12. The molecule has 6 heteroatoms. The molecule has 1 aromatic rings. The summed E-state index contributed by atoms with van der Waals surface area (Å²) in [6.07, 6.45) is 2.03. The molecule has 0 aliphatic carbocycles. The van der Waals surface area contributed by atoms with Crippen molar-refractivity contribution in [3.8, 4) is 0 Å². The molecule has 15 heavy (non-hydrogen) atoms. The summed E-state index contributed by atoms with van der Waals surface area (Å²) in [6, 6.07) is 1.53. The molecule has 0 bridgehead atoms. The molecule has 0 fully saturated rings. The number of hydrogen-bond donors (Lipinski definition) is 1. The fraction of sp³-hybridized carbons (Fsp3) is 0.333. The van der Waals surface area contributed by atoms with Crippen LogP contribution in [0.5, 0.6) is 0 Å². The maximum Gasteiger partial charge on any atom is 0.339 e. The highest BCUT2D eigenvalue weighted by Crippen LogP contribution is 2.15. The number of carbonyl (C=O) groups excluding carboxylic acids is 1. The van der Waals surface area contributed by atoms with Gasteiger partial charge < -0.3 is 10.5 Å². The zero-order chi connectivity index (χ0) is 10.6. The molecule has 0 amide bonds. The lowest BCUT2D eigenvalue weighted by Crippen LogP contribution is -2.07. The number of nitrogens with two attached hydrogens (primary N) is 1. The Hall–Kier alpha value is -0.840. The first-order valence-corrected chi connectivity index (χ1v) is 4.49. The molecule has 0 aliphatic rings. The van der Waals surface area contributed by atoms with Crippen LogP contribution in [0, 0.1) is 0 Å². The summed E-state index contributed by atoms with van der Waals surface area (Å²) in [7, 11) is 1.31. The molecule has 84 valence electrons. The van der Waals surface area contributed by atoms with Gasteiger partial charge in [0.15, 0.2) is 0 Å². The van der Waals surface area contributed by atoms with E-state index in [4.69, 9.17) is 17.3 Å². The number of hydrogen-bond acceptors (Lipinski definition) is 4. The summed E-state index contributed by atoms with van der Waals surface area (Å²) in [5.41, 5.74) is 6.40. The number of nitrogens with zero attached hydrogens (tertiary/aromatic N) is 1. The van der Waals surface area contributed by atoms with Gasteiger partial charge in [0.05, 0.1) is 23.4 Å². The van der Waals surface area contributed by atoms with Crippen LogP contribution in [0.3, 0.4) is 0 Å². The van der Waals surface area contributed by atoms with Gasteiger partial charge in [0, 0.05) is 12.6 Å². The molecule has 0 aromatic carbocycles. The Kier molecular flexibility index (Phi) is 6.24. The zero-order valence-electron chi connectivity index (χ0n) is 8.20. The van der Waals surface area contributed by atoms with E-state index in [1.165, 1.54) is 19.4 Å². The highest BCUT2D eigenvalue weighted by atomic mass is 35.5. The number of esters is 1. The van der Waals surface area contributed by atoms with E-state index in [-0.39, 0.29) is 12.4 Å². The summed E-state index contributed by atoms with van der Waals surface area (Å²) in [5, 5.41) is 0.443. The molecular weight excluding hydrogens is 239 g/mol. The average Bonchev–Trinajstić information content (AvgIpc) is 2.20. The molecule has 2 N–H and O–H groups in total. The van der Waals surface area contributed by atoms with Crippen molar-refractivity contribution in [3.05, 3.63) is 28.5 Å². The maximum absolute atomic E-state index is 11.1. The molecule has 4 nitrogen and oxygen atoms in total. The molecule has 0 spiro atoms. The van der Waals surface area contributed by atoms with E-state index in [2.05, 4.69) is 9.72 Å². The van der Waals surface area contributed by atoms with E-state index >= 15 is 0 Å². The summed E-state index contributed by atoms with van der Waals surface area (Å²) in [5.74, 6) is -0.446. The second kappa shape index (κ2) is 6.61. The van der Waals surface area contributed by atoms with Gasteiger partial charge in [-0.25, -0.2) is 4.79 Å². The van der Waals surface area contributed by atoms with Crippen molar-refractivity contribution in [1.82, 2.24) is 4.98 Å². The number of pyridine rings is 1. The molecule has 0 unspecified atom stereocenters. The van der Waals surface area contributed by atoms with Crippen molar-refractivity contribution in [2.24, 2.45) is 5.73 Å². The summed E-state index contributed by atoms with van der Waals surface area (Å²) in [6.45, 7) is 0.476. The Bertz CT molecular complexity index is 345. The Morgan fingerprint density at radius 3 is 2.80 bits per heavy atom. The van der Waals surface area contributed by atoms with Crippen LogP contribution >= 0.6 is 24.0 Å². The molecule has 1 aromatic heterocycles. The fourth-order valence-corrected chi connectivity index (χ4v) is 1.28. The van der Waals surface area contributed by atoms with Gasteiger partial charge in [-0.05, 0) is 12.6 Å². The van der Waals surface area contributed by atoms with Gasteiger partial charge >= 0.3 is 5.97 Å². The van der Waals surface area contributed by atoms with Gasteiger partial charge in [-0.1, -0.05) is 11.6 Å². The Balaban J connectivity index is 0.00000196. The van der Waals surface area contributed by atoms with Gasteiger partial charge in [-0.15, -0.1) is 12.4 Å². The third kappa shape index (κ3) is 3.66. The smallest absolute Gasteiger partial charge is 0.339 e. The van der Waals surface area contributed by atoms with Crippen LogP contribution < -0.4 is 5.73 Å². The Morgan fingerprint density at radius 1 is 1.67 bits per heavy atom. The largest absolute Gasteiger partial charge is 0.465 e. The maximum atomic E-state index is 11.1. The van der Waals surface area contributed by atoms with E-state index in [9.17, 15) is 4.79 Å². The van der Waals surface area contributed by atoms with Crippen molar-refractivity contribution in [3.63, 3.8) is 0 Å². The standard InChI is InChI=1S/C9H11ClN2O2.ClH/c1-14-9(13)6-4-7(10)8(2-3-11)12-5-6;/h4-5H,2-3,11H2,1H3;1H. The van der Waals surface area contributed by atoms with Crippen LogP contribution in [-0.4, -0.2) is 24.6 Å². The average molecular weight is 251 g/mol. The van der Waals surface area contributed by atoms with Crippen molar-refractivity contribution in [2.75, 3.05) is 13.7 Å². The van der Waals surface area contributed by atoms with Crippen LogP contribution in [0.15, 0.2) is 12.3 Å². The van der Waals surface area contributed by atoms with E-state index in [1.807, 2.05) is 0 Å². The predicted octanol–water partition coefficient (Wildman–Crippen LogP) is 1.44. The second-order valence-corrected chi connectivity index (χ2v) is 3.09. The molecule has 0 radical (unpaired) electrons. The first kappa shape index (κ1) is 14.2. The third-order valence-corrected chi connectivity index (χ3v) is 2.05. The van der Waals surface area contributed by atoms with Crippen molar-refractivity contribution < 1.29 is 9.53 Å². The van der Waals surface area contributed by atoms with Crippen LogP contribution in [0.2, 0.25) is 5.02 Å². The predicted molar refractivity (Wildman–Crippen MR) is 60.6 cm³/mol. The normalized spacial score (nSPS) is 9.27. The minimum Gasteiger partial charge on any atom is -0.465 e. The van der Waals surface area contributed by atoms with Crippen LogP contribution in [0.1, 0.15) is 16.1 Å². The first-order chi connectivity index (χ1) is 6.69. The lowest BCUT2D eigenvalue weighted by atomic mass is 10.2. The van der Waals surface area contributed by atoms with Crippen LogP contribution in [-0.2, 0) is 11.2 Å². The van der Waals surface area contributed by atoms with E-state index in [1.54, 1.807) is 0 Å². The summed E-state index contributed by atoms with van der Waals surface area (Å²) in [4.78, 5) is 15.1. The van der Waals surface area contributed by atoms with Gasteiger partial charge in [-0.3, -0.25) is 4.98 Å². The number of rotatable bonds is 3. The number of carbonyl (C=O) groups is 1. The Morgan fingerprint density at radius 2 is 2.33 bits per heavy atom. The minimum absolute atomic E-state index is 0. The molecule has 1 rings (SSSR count). The van der Waals surface area contributed by atoms with Gasteiger partial charge in [0.1, 0.15) is 0 Å². The van der Waals surface area contributed by atoms with E-state index in [0.29, 0.717) is 29.2 Å². The fourth-order valence-electron chi connectivity index (χ4n) is 1.02. The third-order valence-electron chi connectivity index (χ3n) is 1.72. The van der Waals surface area contributed by atoms with Crippen molar-refractivity contribution in [2.45, 2.75) is 6.42 Å². The topological polar surface area (TPSA) is 65.2 Å². The molecule has 0 saturated heterocycles. The van der Waals surface area contributed by atoms with E-state index in [0.717, 1.165) is 0 Å². The highest BCUT2D eigenvalue weighted by Gasteiger charge is 2.09. The zero-order valence-corrected chi connectivity index (χ0v) is 9.77. The van der Waals surface area contributed by atoms with Gasteiger partial charge in [-0.2, -0.15) is 0 Å². The van der Waals surface area contributed by atoms with Crippen molar-refractivity contribution >= 4 is 30.0 Å². The number of ether oxygens (including phenoxy) is 1. The molecule has 1 heterocycles. The summed E-state index contributed by atoms with van der Waals surface area (Å²) < 4.78 is 4.53. The van der Waals surface area contributed by atoms with Crippen LogP contribution in [0.4, 0.5) is 0 Å². The quantitative estimate of drug-likeness (QED) is 0.825. The van der Waals surface area contributed by atoms with Gasteiger partial charge in [0.2, 0.25) is 0 Å². The molecule has 0 atom stereocenters.